The predicted octanol–water partition coefficient (Wildman–Crippen LogP) is 1.84. The van der Waals surface area contributed by atoms with Gasteiger partial charge in [0.1, 0.15) is 0 Å². The average molecular weight is 328 g/mol. The van der Waals surface area contributed by atoms with Crippen LogP contribution in [0.25, 0.3) is 0 Å². The van der Waals surface area contributed by atoms with Crippen LogP contribution < -0.4 is 16.0 Å². The van der Waals surface area contributed by atoms with Gasteiger partial charge in [0.2, 0.25) is 0 Å². The molecular formula is C13H18BrN3O2. The van der Waals surface area contributed by atoms with Crippen LogP contribution >= 0.6 is 15.9 Å². The van der Waals surface area contributed by atoms with Crippen LogP contribution in [-0.2, 0) is 11.3 Å². The number of nitrogens with zero attached hydrogens (tertiary/aromatic N) is 1. The molecule has 1 aromatic carbocycles. The normalized spacial score (nSPS) is 18.5. The molecule has 1 amide bonds. The van der Waals surface area contributed by atoms with Gasteiger partial charge in [-0.3, -0.25) is 0 Å². The van der Waals surface area contributed by atoms with Crippen molar-refractivity contribution in [1.82, 2.24) is 5.32 Å². The summed E-state index contributed by atoms with van der Waals surface area (Å²) in [5.74, 6) is 0. The fourth-order valence-corrected chi connectivity index (χ4v) is 2.68. The molecule has 3 N–H and O–H groups in total. The van der Waals surface area contributed by atoms with E-state index in [0.717, 1.165) is 35.2 Å². The van der Waals surface area contributed by atoms with Gasteiger partial charge < -0.3 is 20.7 Å². The number of anilines is 1. The van der Waals surface area contributed by atoms with Crippen LogP contribution in [0.1, 0.15) is 12.0 Å². The van der Waals surface area contributed by atoms with Gasteiger partial charge in [-0.15, -0.1) is 0 Å². The molecule has 0 bridgehead atoms. The molecule has 0 spiro atoms. The lowest BCUT2D eigenvalue weighted by Gasteiger charge is -2.22. The highest BCUT2D eigenvalue weighted by Gasteiger charge is 2.25. The molecule has 1 aliphatic rings. The van der Waals surface area contributed by atoms with Crippen LogP contribution in [0.4, 0.5) is 10.5 Å². The number of benzene rings is 1. The van der Waals surface area contributed by atoms with E-state index in [4.69, 9.17) is 5.73 Å². The van der Waals surface area contributed by atoms with Crippen molar-refractivity contribution in [3.05, 3.63) is 28.2 Å². The lowest BCUT2D eigenvalue weighted by atomic mass is 10.1. The molecule has 1 heterocycles. The molecule has 0 saturated carbocycles. The zero-order valence-corrected chi connectivity index (χ0v) is 12.4. The van der Waals surface area contributed by atoms with Gasteiger partial charge in [-0.05, 0) is 24.1 Å². The lowest BCUT2D eigenvalue weighted by molar-refractivity contribution is 0.167. The van der Waals surface area contributed by atoms with E-state index in [-0.39, 0.29) is 12.1 Å². The maximum atomic E-state index is 11.2. The number of carbonyl (C=O) groups is 1. The van der Waals surface area contributed by atoms with E-state index in [1.54, 1.807) is 0 Å². The molecule has 1 aromatic rings. The molecule has 104 valence electrons. The van der Waals surface area contributed by atoms with E-state index in [2.05, 4.69) is 36.9 Å². The van der Waals surface area contributed by atoms with E-state index in [9.17, 15) is 4.79 Å². The van der Waals surface area contributed by atoms with E-state index >= 15 is 0 Å². The fraction of sp³-hybridized carbons (Fsp3) is 0.462. The van der Waals surface area contributed by atoms with E-state index in [1.165, 1.54) is 7.11 Å². The Hall–Kier alpha value is -1.27. The van der Waals surface area contributed by atoms with Crippen molar-refractivity contribution in [3.8, 4) is 0 Å². The second kappa shape index (κ2) is 6.25. The third kappa shape index (κ3) is 3.39. The van der Waals surface area contributed by atoms with E-state index in [1.807, 2.05) is 12.1 Å². The smallest absolute Gasteiger partial charge is 0.407 e. The summed E-state index contributed by atoms with van der Waals surface area (Å²) >= 11 is 3.48. The first-order chi connectivity index (χ1) is 9.13. The highest BCUT2D eigenvalue weighted by molar-refractivity contribution is 9.10. The van der Waals surface area contributed by atoms with E-state index < -0.39 is 0 Å². The largest absolute Gasteiger partial charge is 0.453 e. The Morgan fingerprint density at radius 3 is 3.11 bits per heavy atom. The van der Waals surface area contributed by atoms with Gasteiger partial charge >= 0.3 is 6.09 Å². The number of methoxy groups -OCH3 is 1. The molecule has 1 unspecified atom stereocenters. The van der Waals surface area contributed by atoms with Crippen molar-refractivity contribution in [1.29, 1.82) is 0 Å². The quantitative estimate of drug-likeness (QED) is 0.889. The number of nitrogens with two attached hydrogens (primary N) is 1. The highest BCUT2D eigenvalue weighted by atomic mass is 79.9. The average Bonchev–Trinajstić information content (AvgIpc) is 2.86. The predicted molar refractivity (Wildman–Crippen MR) is 78.2 cm³/mol. The monoisotopic (exact) mass is 327 g/mol. The topological polar surface area (TPSA) is 67.6 Å². The Bertz CT molecular complexity index is 467. The minimum absolute atomic E-state index is 0.122. The van der Waals surface area contributed by atoms with Crippen LogP contribution in [0.5, 0.6) is 0 Å². The first-order valence-corrected chi connectivity index (χ1v) is 7.01. The van der Waals surface area contributed by atoms with Crippen molar-refractivity contribution in [3.63, 3.8) is 0 Å². The van der Waals surface area contributed by atoms with Crippen molar-refractivity contribution < 1.29 is 9.53 Å². The van der Waals surface area contributed by atoms with Gasteiger partial charge in [0.15, 0.2) is 0 Å². The SMILES string of the molecule is COC(=O)NC1CCN(c2cc(Br)ccc2CN)C1. The van der Waals surface area contributed by atoms with Crippen LogP contribution in [0.3, 0.4) is 0 Å². The number of hydrogen-bond donors (Lipinski definition) is 2. The summed E-state index contributed by atoms with van der Waals surface area (Å²) in [5.41, 5.74) is 8.02. The second-order valence-electron chi connectivity index (χ2n) is 4.54. The van der Waals surface area contributed by atoms with Crippen molar-refractivity contribution in [2.45, 2.75) is 19.0 Å². The third-order valence-electron chi connectivity index (χ3n) is 3.30. The Morgan fingerprint density at radius 1 is 1.63 bits per heavy atom. The minimum Gasteiger partial charge on any atom is -0.453 e. The molecule has 0 radical (unpaired) electrons. The summed E-state index contributed by atoms with van der Waals surface area (Å²) in [6, 6.07) is 6.21. The Labute approximate surface area is 121 Å². The highest BCUT2D eigenvalue weighted by Crippen LogP contribution is 2.28. The van der Waals surface area contributed by atoms with Crippen molar-refractivity contribution >= 4 is 27.7 Å². The maximum Gasteiger partial charge on any atom is 0.407 e. The first-order valence-electron chi connectivity index (χ1n) is 6.22. The number of alkyl carbamates (subject to hydrolysis) is 1. The molecule has 1 atom stereocenters. The number of rotatable bonds is 3. The molecule has 19 heavy (non-hydrogen) atoms. The molecule has 1 aliphatic heterocycles. The van der Waals surface area contributed by atoms with Crippen LogP contribution in [0.15, 0.2) is 22.7 Å². The lowest BCUT2D eigenvalue weighted by Crippen LogP contribution is -2.37. The summed E-state index contributed by atoms with van der Waals surface area (Å²) < 4.78 is 5.65. The van der Waals surface area contributed by atoms with Gasteiger partial charge in [-0.1, -0.05) is 22.0 Å². The van der Waals surface area contributed by atoms with Crippen molar-refractivity contribution in [2.75, 3.05) is 25.1 Å². The van der Waals surface area contributed by atoms with Gasteiger partial charge in [0, 0.05) is 29.8 Å². The first kappa shape index (κ1) is 14.1. The minimum atomic E-state index is -0.375. The van der Waals surface area contributed by atoms with Crippen LogP contribution in [-0.4, -0.2) is 32.3 Å². The molecule has 1 fully saturated rings. The van der Waals surface area contributed by atoms with Gasteiger partial charge in [-0.2, -0.15) is 0 Å². The van der Waals surface area contributed by atoms with Crippen molar-refractivity contribution in [2.24, 2.45) is 5.73 Å². The zero-order chi connectivity index (χ0) is 13.8. The van der Waals surface area contributed by atoms with Gasteiger partial charge in [0.25, 0.3) is 0 Å². The van der Waals surface area contributed by atoms with E-state index in [0.29, 0.717) is 6.54 Å². The molecule has 5 nitrogen and oxygen atoms in total. The fourth-order valence-electron chi connectivity index (χ4n) is 2.33. The Kier molecular flexibility index (Phi) is 4.66. The number of halogens is 1. The molecular weight excluding hydrogens is 310 g/mol. The third-order valence-corrected chi connectivity index (χ3v) is 3.80. The number of hydrogen-bond acceptors (Lipinski definition) is 4. The summed E-state index contributed by atoms with van der Waals surface area (Å²) in [5, 5.41) is 2.83. The number of nitrogens with one attached hydrogen (secondary N) is 1. The molecule has 2 rings (SSSR count). The van der Waals surface area contributed by atoms with Gasteiger partial charge in [-0.25, -0.2) is 4.79 Å². The molecule has 0 aliphatic carbocycles. The number of amides is 1. The Balaban J connectivity index is 2.08. The van der Waals surface area contributed by atoms with Crippen LogP contribution in [0, 0.1) is 0 Å². The summed E-state index contributed by atoms with van der Waals surface area (Å²) in [6.07, 6.45) is 0.533. The number of ether oxygens (including phenoxy) is 1. The molecule has 6 heteroatoms. The molecule has 1 saturated heterocycles. The standard InChI is InChI=1S/C13H18BrN3O2/c1-19-13(18)16-11-4-5-17(8-11)12-6-10(14)3-2-9(12)7-15/h2-3,6,11H,4-5,7-8,15H2,1H3,(H,16,18). The number of carbonyl (C=O) groups excluding carboxylic acids is 1. The van der Waals surface area contributed by atoms with Gasteiger partial charge in [0.05, 0.1) is 13.2 Å². The van der Waals surface area contributed by atoms with Crippen LogP contribution in [0.2, 0.25) is 0 Å². The summed E-state index contributed by atoms with van der Waals surface area (Å²) in [6.45, 7) is 2.19. The summed E-state index contributed by atoms with van der Waals surface area (Å²) in [7, 11) is 1.38. The zero-order valence-electron chi connectivity index (χ0n) is 10.9. The Morgan fingerprint density at radius 2 is 2.42 bits per heavy atom. The molecule has 0 aromatic heterocycles. The second-order valence-corrected chi connectivity index (χ2v) is 5.46. The maximum absolute atomic E-state index is 11.2. The summed E-state index contributed by atoms with van der Waals surface area (Å²) in [4.78, 5) is 13.5.